The van der Waals surface area contributed by atoms with Crippen LogP contribution in [-0.4, -0.2) is 26.6 Å². The summed E-state index contributed by atoms with van der Waals surface area (Å²) in [5.74, 6) is 2.45. The first-order valence-electron chi connectivity index (χ1n) is 7.78. The molecule has 2 aromatic heterocycles. The SMILES string of the molecule is O=c1[nH]c(NCCSCc2ccsn2)ncc1OCc1ccccc1. The monoisotopic (exact) mass is 374 g/mol. The van der Waals surface area contributed by atoms with Crippen LogP contribution >= 0.6 is 23.3 Å². The number of ether oxygens (including phenoxy) is 1. The van der Waals surface area contributed by atoms with E-state index in [4.69, 9.17) is 4.74 Å². The largest absolute Gasteiger partial charge is 0.482 e. The van der Waals surface area contributed by atoms with E-state index in [1.165, 1.54) is 17.7 Å². The van der Waals surface area contributed by atoms with Gasteiger partial charge in [0.1, 0.15) is 6.61 Å². The number of hydrogen-bond donors (Lipinski definition) is 2. The van der Waals surface area contributed by atoms with Crippen molar-refractivity contribution in [2.75, 3.05) is 17.6 Å². The molecular formula is C17H18N4O2S2. The fourth-order valence-electron chi connectivity index (χ4n) is 2.04. The van der Waals surface area contributed by atoms with Gasteiger partial charge < -0.3 is 10.1 Å². The van der Waals surface area contributed by atoms with E-state index >= 15 is 0 Å². The van der Waals surface area contributed by atoms with E-state index in [9.17, 15) is 4.79 Å². The first-order valence-corrected chi connectivity index (χ1v) is 9.77. The maximum absolute atomic E-state index is 12.0. The quantitative estimate of drug-likeness (QED) is 0.560. The number of benzene rings is 1. The van der Waals surface area contributed by atoms with Gasteiger partial charge >= 0.3 is 0 Å². The van der Waals surface area contributed by atoms with Crippen molar-refractivity contribution < 1.29 is 4.74 Å². The van der Waals surface area contributed by atoms with Crippen LogP contribution in [0.4, 0.5) is 5.95 Å². The van der Waals surface area contributed by atoms with Gasteiger partial charge in [0.05, 0.1) is 11.9 Å². The maximum Gasteiger partial charge on any atom is 0.294 e. The molecule has 0 fully saturated rings. The van der Waals surface area contributed by atoms with Crippen molar-refractivity contribution in [2.24, 2.45) is 0 Å². The Labute approximate surface area is 153 Å². The molecule has 130 valence electrons. The van der Waals surface area contributed by atoms with Gasteiger partial charge in [-0.1, -0.05) is 30.3 Å². The molecule has 0 aliphatic heterocycles. The average molecular weight is 374 g/mol. The molecule has 0 spiro atoms. The zero-order chi connectivity index (χ0) is 17.3. The molecular weight excluding hydrogens is 356 g/mol. The molecule has 6 nitrogen and oxygen atoms in total. The Bertz CT molecular complexity index is 822. The molecule has 3 aromatic rings. The third-order valence-corrected chi connectivity index (χ3v) is 4.87. The lowest BCUT2D eigenvalue weighted by Gasteiger charge is -2.07. The van der Waals surface area contributed by atoms with Crippen molar-refractivity contribution in [3.8, 4) is 5.75 Å². The van der Waals surface area contributed by atoms with Crippen molar-refractivity contribution in [1.29, 1.82) is 0 Å². The molecule has 0 amide bonds. The molecule has 0 saturated carbocycles. The summed E-state index contributed by atoms with van der Waals surface area (Å²) in [5, 5.41) is 5.08. The number of nitrogens with zero attached hydrogens (tertiary/aromatic N) is 2. The van der Waals surface area contributed by atoms with Gasteiger partial charge in [0.15, 0.2) is 0 Å². The van der Waals surface area contributed by atoms with Crippen LogP contribution in [0, 0.1) is 0 Å². The van der Waals surface area contributed by atoms with E-state index in [-0.39, 0.29) is 11.3 Å². The minimum atomic E-state index is -0.288. The molecule has 25 heavy (non-hydrogen) atoms. The van der Waals surface area contributed by atoms with Gasteiger partial charge in [-0.25, -0.2) is 4.98 Å². The summed E-state index contributed by atoms with van der Waals surface area (Å²) in [7, 11) is 0. The first kappa shape index (κ1) is 17.5. The molecule has 2 N–H and O–H groups in total. The highest BCUT2D eigenvalue weighted by atomic mass is 32.2. The number of anilines is 1. The number of rotatable bonds is 9. The standard InChI is InChI=1S/C17H18N4O2S2/c22-16-15(23-11-13-4-2-1-3-5-13)10-19-17(20-16)18-7-9-24-12-14-6-8-25-21-14/h1-6,8,10H,7,9,11-12H2,(H2,18,19,20,22). The second-order valence-electron chi connectivity index (χ2n) is 5.17. The normalized spacial score (nSPS) is 10.6. The van der Waals surface area contributed by atoms with Crippen molar-refractivity contribution in [1.82, 2.24) is 14.3 Å². The van der Waals surface area contributed by atoms with Crippen molar-refractivity contribution in [2.45, 2.75) is 12.4 Å². The molecule has 0 saturated heterocycles. The zero-order valence-electron chi connectivity index (χ0n) is 13.5. The summed E-state index contributed by atoms with van der Waals surface area (Å²) in [6.07, 6.45) is 1.45. The third-order valence-electron chi connectivity index (χ3n) is 3.28. The van der Waals surface area contributed by atoms with Crippen LogP contribution in [0.2, 0.25) is 0 Å². The van der Waals surface area contributed by atoms with Crippen LogP contribution in [-0.2, 0) is 12.4 Å². The van der Waals surface area contributed by atoms with Gasteiger partial charge in [-0.3, -0.25) is 9.78 Å². The summed E-state index contributed by atoms with van der Waals surface area (Å²) < 4.78 is 9.78. The van der Waals surface area contributed by atoms with E-state index in [1.807, 2.05) is 41.8 Å². The highest BCUT2D eigenvalue weighted by Gasteiger charge is 2.04. The molecule has 2 heterocycles. The van der Waals surface area contributed by atoms with E-state index in [0.29, 0.717) is 19.1 Å². The van der Waals surface area contributed by atoms with Crippen LogP contribution < -0.4 is 15.6 Å². The average Bonchev–Trinajstić information content (AvgIpc) is 3.15. The van der Waals surface area contributed by atoms with Gasteiger partial charge in [0, 0.05) is 23.4 Å². The predicted octanol–water partition coefficient (Wildman–Crippen LogP) is 3.15. The second-order valence-corrected chi connectivity index (χ2v) is 6.94. The Hall–Kier alpha value is -2.32. The minimum absolute atomic E-state index is 0.215. The molecule has 3 rings (SSSR count). The molecule has 0 unspecified atom stereocenters. The highest BCUT2D eigenvalue weighted by molar-refractivity contribution is 7.98. The summed E-state index contributed by atoms with van der Waals surface area (Å²) in [4.78, 5) is 18.9. The van der Waals surface area contributed by atoms with Gasteiger partial charge in [-0.2, -0.15) is 16.1 Å². The Morgan fingerprint density at radius 1 is 1.24 bits per heavy atom. The highest BCUT2D eigenvalue weighted by Crippen LogP contribution is 2.11. The molecule has 0 aliphatic rings. The predicted molar refractivity (Wildman–Crippen MR) is 102 cm³/mol. The van der Waals surface area contributed by atoms with Gasteiger partial charge in [-0.15, -0.1) is 0 Å². The zero-order valence-corrected chi connectivity index (χ0v) is 15.1. The summed E-state index contributed by atoms with van der Waals surface area (Å²) in [6, 6.07) is 11.7. The van der Waals surface area contributed by atoms with E-state index in [0.717, 1.165) is 22.8 Å². The van der Waals surface area contributed by atoms with Crippen molar-refractivity contribution >= 4 is 29.2 Å². The van der Waals surface area contributed by atoms with Crippen LogP contribution in [0.15, 0.2) is 52.8 Å². The van der Waals surface area contributed by atoms with Crippen molar-refractivity contribution in [3.05, 3.63) is 69.6 Å². The number of aromatic nitrogens is 3. The fraction of sp³-hybridized carbons (Fsp3) is 0.235. The molecule has 0 bridgehead atoms. The molecule has 0 atom stereocenters. The van der Waals surface area contributed by atoms with Gasteiger partial charge in [0.25, 0.3) is 5.56 Å². The van der Waals surface area contributed by atoms with Crippen LogP contribution in [0.3, 0.4) is 0 Å². The lowest BCUT2D eigenvalue weighted by atomic mass is 10.2. The van der Waals surface area contributed by atoms with Crippen LogP contribution in [0.25, 0.3) is 0 Å². The van der Waals surface area contributed by atoms with Gasteiger partial charge in [-0.05, 0) is 23.2 Å². The molecule has 1 aromatic carbocycles. The van der Waals surface area contributed by atoms with Crippen LogP contribution in [0.1, 0.15) is 11.3 Å². The lowest BCUT2D eigenvalue weighted by molar-refractivity contribution is 0.300. The molecule has 0 aliphatic carbocycles. The third kappa shape index (κ3) is 5.61. The van der Waals surface area contributed by atoms with E-state index in [1.54, 1.807) is 11.8 Å². The Balaban J connectivity index is 1.42. The summed E-state index contributed by atoms with van der Waals surface area (Å²) in [5.41, 5.74) is 1.81. The maximum atomic E-state index is 12.0. The number of thioether (sulfide) groups is 1. The van der Waals surface area contributed by atoms with Gasteiger partial charge in [0.2, 0.25) is 11.7 Å². The Morgan fingerprint density at radius 3 is 2.88 bits per heavy atom. The lowest BCUT2D eigenvalue weighted by Crippen LogP contribution is -2.16. The number of nitrogens with one attached hydrogen (secondary N) is 2. The minimum Gasteiger partial charge on any atom is -0.482 e. The molecule has 8 heteroatoms. The topological polar surface area (TPSA) is 79.9 Å². The fourth-order valence-corrected chi connectivity index (χ4v) is 3.42. The smallest absolute Gasteiger partial charge is 0.294 e. The number of hydrogen-bond acceptors (Lipinski definition) is 7. The summed E-state index contributed by atoms with van der Waals surface area (Å²) >= 11 is 3.25. The summed E-state index contributed by atoms with van der Waals surface area (Å²) in [6.45, 7) is 1.05. The van der Waals surface area contributed by atoms with Crippen LogP contribution in [0.5, 0.6) is 5.75 Å². The van der Waals surface area contributed by atoms with Crippen molar-refractivity contribution in [3.63, 3.8) is 0 Å². The Kier molecular flexibility index (Phi) is 6.47. The number of aromatic amines is 1. The van der Waals surface area contributed by atoms with E-state index < -0.39 is 0 Å². The number of H-pyrrole nitrogens is 1. The second kappa shape index (κ2) is 9.24. The molecule has 0 radical (unpaired) electrons. The van der Waals surface area contributed by atoms with E-state index in [2.05, 4.69) is 19.7 Å². The first-order chi connectivity index (χ1) is 12.3. The Morgan fingerprint density at radius 2 is 2.12 bits per heavy atom.